The molecular weight excluding hydrogens is 233 g/mol. The van der Waals surface area contributed by atoms with Gasteiger partial charge in [0.1, 0.15) is 0 Å². The molecule has 3 heteroatoms. The van der Waals surface area contributed by atoms with Gasteiger partial charge in [-0.05, 0) is 18.7 Å². The van der Waals surface area contributed by atoms with E-state index in [1.807, 2.05) is 18.4 Å². The molecule has 1 aliphatic rings. The third-order valence-electron chi connectivity index (χ3n) is 3.55. The first kappa shape index (κ1) is 16.4. The van der Waals surface area contributed by atoms with Crippen molar-refractivity contribution < 1.29 is 4.65 Å². The maximum absolute atomic E-state index is 5.71. The highest BCUT2D eigenvalue weighted by molar-refractivity contribution is 6.55. The minimum Gasteiger partial charge on any atom is -0.413 e. The van der Waals surface area contributed by atoms with Crippen LogP contribution in [0.5, 0.6) is 0 Å². The summed E-state index contributed by atoms with van der Waals surface area (Å²) in [5, 5.41) is 3.17. The summed E-state index contributed by atoms with van der Waals surface area (Å²) < 4.78 is 5.71. The molecule has 108 valence electrons. The fourth-order valence-electron chi connectivity index (χ4n) is 2.33. The average molecular weight is 263 g/mol. The van der Waals surface area contributed by atoms with E-state index in [0.717, 1.165) is 6.61 Å². The van der Waals surface area contributed by atoms with E-state index in [1.54, 1.807) is 0 Å². The standard InChI is InChI=1S/C16H30BNO/c1-2-3-4-5-6-7-8-9-10-13-16-19-17-14-11-12-15-18-17/h11-12,14-15,18H,2-10,13,16H2,1H3. The highest BCUT2D eigenvalue weighted by Crippen LogP contribution is 2.10. The third-order valence-corrected chi connectivity index (χ3v) is 3.55. The predicted octanol–water partition coefficient (Wildman–Crippen LogP) is 4.62. The molecule has 2 nitrogen and oxygen atoms in total. The summed E-state index contributed by atoms with van der Waals surface area (Å²) in [6.45, 7) is 3.14. The SMILES string of the molecule is CCCCCCCCCCCCOB1C=CC=CN1. The fraction of sp³-hybridized carbons (Fsp3) is 0.750. The smallest absolute Gasteiger partial charge is 0.413 e. The molecule has 0 aromatic carbocycles. The second kappa shape index (κ2) is 12.3. The lowest BCUT2D eigenvalue weighted by Crippen LogP contribution is -2.33. The quantitative estimate of drug-likeness (QED) is 0.409. The van der Waals surface area contributed by atoms with Gasteiger partial charge in [0.05, 0.1) is 0 Å². The van der Waals surface area contributed by atoms with E-state index in [0.29, 0.717) is 0 Å². The van der Waals surface area contributed by atoms with Crippen LogP contribution in [-0.4, -0.2) is 13.7 Å². The zero-order valence-electron chi connectivity index (χ0n) is 12.6. The van der Waals surface area contributed by atoms with Crippen LogP contribution in [0.15, 0.2) is 24.3 Å². The monoisotopic (exact) mass is 263 g/mol. The largest absolute Gasteiger partial charge is 0.441 e. The Balaban J connectivity index is 1.74. The topological polar surface area (TPSA) is 21.3 Å². The molecule has 0 saturated heterocycles. The Morgan fingerprint density at radius 1 is 0.842 bits per heavy atom. The lowest BCUT2D eigenvalue weighted by Gasteiger charge is -2.12. The van der Waals surface area contributed by atoms with Crippen LogP contribution in [0.2, 0.25) is 0 Å². The Morgan fingerprint density at radius 2 is 1.47 bits per heavy atom. The van der Waals surface area contributed by atoms with Gasteiger partial charge in [0.15, 0.2) is 0 Å². The van der Waals surface area contributed by atoms with Crippen molar-refractivity contribution >= 4 is 7.05 Å². The number of rotatable bonds is 12. The maximum atomic E-state index is 5.71. The van der Waals surface area contributed by atoms with Crippen LogP contribution in [0.3, 0.4) is 0 Å². The highest BCUT2D eigenvalue weighted by atomic mass is 16.4. The molecule has 0 atom stereocenters. The molecule has 19 heavy (non-hydrogen) atoms. The third kappa shape index (κ3) is 9.83. The molecule has 1 aliphatic heterocycles. The van der Waals surface area contributed by atoms with E-state index in [1.165, 1.54) is 64.2 Å². The first-order valence-corrected chi connectivity index (χ1v) is 8.14. The van der Waals surface area contributed by atoms with Gasteiger partial charge in [0.2, 0.25) is 0 Å². The van der Waals surface area contributed by atoms with Gasteiger partial charge in [-0.1, -0.05) is 76.8 Å². The minimum absolute atomic E-state index is 0.0866. The number of allylic oxidation sites excluding steroid dienone is 2. The average Bonchev–Trinajstić information content (AvgIpc) is 2.46. The molecule has 0 fully saturated rings. The van der Waals surface area contributed by atoms with Crippen LogP contribution in [0.25, 0.3) is 0 Å². The van der Waals surface area contributed by atoms with Crippen molar-refractivity contribution in [3.8, 4) is 0 Å². The van der Waals surface area contributed by atoms with Crippen molar-refractivity contribution in [2.45, 2.75) is 71.1 Å². The normalized spacial score (nSPS) is 13.8. The molecule has 1 N–H and O–H groups in total. The van der Waals surface area contributed by atoms with Crippen LogP contribution < -0.4 is 5.23 Å². The van der Waals surface area contributed by atoms with Gasteiger partial charge in [-0.25, -0.2) is 0 Å². The van der Waals surface area contributed by atoms with Gasteiger partial charge < -0.3 is 9.88 Å². The van der Waals surface area contributed by atoms with E-state index in [9.17, 15) is 0 Å². The van der Waals surface area contributed by atoms with Crippen molar-refractivity contribution in [1.82, 2.24) is 5.23 Å². The zero-order valence-corrected chi connectivity index (χ0v) is 12.6. The zero-order chi connectivity index (χ0) is 13.6. The Kier molecular flexibility index (Phi) is 10.6. The molecule has 0 radical (unpaired) electrons. The molecule has 0 aromatic rings. The van der Waals surface area contributed by atoms with Crippen molar-refractivity contribution in [3.63, 3.8) is 0 Å². The summed E-state index contributed by atoms with van der Waals surface area (Å²) in [4.78, 5) is 0. The molecule has 0 bridgehead atoms. The Hall–Kier alpha value is -0.695. The predicted molar refractivity (Wildman–Crippen MR) is 85.0 cm³/mol. The van der Waals surface area contributed by atoms with Gasteiger partial charge in [-0.3, -0.25) is 0 Å². The number of hydrogen-bond acceptors (Lipinski definition) is 2. The summed E-state index contributed by atoms with van der Waals surface area (Å²) in [7, 11) is 0.0866. The van der Waals surface area contributed by atoms with Crippen molar-refractivity contribution in [2.24, 2.45) is 0 Å². The van der Waals surface area contributed by atoms with Gasteiger partial charge in [0, 0.05) is 6.61 Å². The summed E-state index contributed by atoms with van der Waals surface area (Å²) in [6.07, 6.45) is 19.7. The Morgan fingerprint density at radius 3 is 2.05 bits per heavy atom. The molecule has 0 spiro atoms. The second-order valence-corrected chi connectivity index (χ2v) is 5.38. The minimum atomic E-state index is 0.0866. The summed E-state index contributed by atoms with van der Waals surface area (Å²) in [6, 6.07) is 0. The lowest BCUT2D eigenvalue weighted by molar-refractivity contribution is 0.307. The van der Waals surface area contributed by atoms with Gasteiger partial charge in [-0.2, -0.15) is 0 Å². The summed E-state index contributed by atoms with van der Waals surface area (Å²) >= 11 is 0. The second-order valence-electron chi connectivity index (χ2n) is 5.38. The van der Waals surface area contributed by atoms with Gasteiger partial charge in [-0.15, -0.1) is 0 Å². The first-order valence-electron chi connectivity index (χ1n) is 8.14. The van der Waals surface area contributed by atoms with Crippen LogP contribution >= 0.6 is 0 Å². The fourth-order valence-corrected chi connectivity index (χ4v) is 2.33. The van der Waals surface area contributed by atoms with E-state index in [-0.39, 0.29) is 7.05 Å². The van der Waals surface area contributed by atoms with Crippen LogP contribution in [0.4, 0.5) is 0 Å². The first-order chi connectivity index (χ1) is 9.43. The van der Waals surface area contributed by atoms with Gasteiger partial charge in [0.25, 0.3) is 0 Å². The number of unbranched alkanes of at least 4 members (excludes halogenated alkanes) is 9. The van der Waals surface area contributed by atoms with Crippen LogP contribution in [0.1, 0.15) is 71.1 Å². The van der Waals surface area contributed by atoms with Crippen molar-refractivity contribution in [2.75, 3.05) is 6.61 Å². The molecular formula is C16H30BNO. The maximum Gasteiger partial charge on any atom is 0.441 e. The molecule has 0 aromatic heterocycles. The number of hydrogen-bond donors (Lipinski definition) is 1. The van der Waals surface area contributed by atoms with E-state index >= 15 is 0 Å². The van der Waals surface area contributed by atoms with E-state index in [4.69, 9.17) is 4.65 Å². The van der Waals surface area contributed by atoms with E-state index in [2.05, 4.69) is 18.1 Å². The molecule has 0 unspecified atom stereocenters. The Labute approximate surface area is 119 Å². The molecule has 0 saturated carbocycles. The van der Waals surface area contributed by atoms with Crippen molar-refractivity contribution in [1.29, 1.82) is 0 Å². The van der Waals surface area contributed by atoms with Crippen molar-refractivity contribution in [3.05, 3.63) is 24.3 Å². The summed E-state index contributed by atoms with van der Waals surface area (Å²) in [5.41, 5.74) is 0. The van der Waals surface area contributed by atoms with E-state index < -0.39 is 0 Å². The van der Waals surface area contributed by atoms with Crippen LogP contribution in [0, 0.1) is 0 Å². The lowest BCUT2D eigenvalue weighted by atomic mass is 9.81. The molecule has 1 rings (SSSR count). The summed E-state index contributed by atoms with van der Waals surface area (Å²) in [5.74, 6) is 2.05. The van der Waals surface area contributed by atoms with Gasteiger partial charge >= 0.3 is 7.05 Å². The molecule has 1 heterocycles. The highest BCUT2D eigenvalue weighted by Gasteiger charge is 2.10. The van der Waals surface area contributed by atoms with Crippen LogP contribution in [-0.2, 0) is 4.65 Å². The number of nitrogens with one attached hydrogen (secondary N) is 1. The molecule has 0 amide bonds. The Bertz CT molecular complexity index is 253. The molecule has 0 aliphatic carbocycles.